The van der Waals surface area contributed by atoms with Crippen molar-refractivity contribution in [1.82, 2.24) is 4.90 Å². The molecular weight excluding hydrogens is 193 g/mol. The monoisotopic (exact) mass is 209 g/mol. The first-order valence-corrected chi connectivity index (χ1v) is 5.19. The fourth-order valence-corrected chi connectivity index (χ4v) is 2.32. The Morgan fingerprint density at radius 3 is 2.87 bits per heavy atom. The van der Waals surface area contributed by atoms with Crippen LogP contribution in [-0.2, 0) is 6.42 Å². The molecule has 1 aliphatic rings. The van der Waals surface area contributed by atoms with Crippen molar-refractivity contribution in [3.05, 3.63) is 35.1 Å². The highest BCUT2D eigenvalue weighted by Crippen LogP contribution is 2.36. The zero-order chi connectivity index (χ0) is 11.0. The first kappa shape index (κ1) is 10.6. The molecule has 1 N–H and O–H groups in total. The van der Waals surface area contributed by atoms with E-state index in [4.69, 9.17) is 0 Å². The van der Waals surface area contributed by atoms with E-state index >= 15 is 0 Å². The van der Waals surface area contributed by atoms with Crippen LogP contribution in [0.1, 0.15) is 17.2 Å². The number of halogens is 1. The summed E-state index contributed by atoms with van der Waals surface area (Å²) in [5.41, 5.74) is 1.85. The van der Waals surface area contributed by atoms with E-state index in [0.29, 0.717) is 0 Å². The summed E-state index contributed by atoms with van der Waals surface area (Å²) in [5.74, 6) is -0.0248. The number of hydrogen-bond acceptors (Lipinski definition) is 2. The van der Waals surface area contributed by atoms with Gasteiger partial charge in [0.25, 0.3) is 0 Å². The van der Waals surface area contributed by atoms with Crippen LogP contribution < -0.4 is 0 Å². The fraction of sp³-hybridized carbons (Fsp3) is 0.500. The van der Waals surface area contributed by atoms with E-state index in [0.717, 1.165) is 24.1 Å². The minimum atomic E-state index is -0.442. The maximum Gasteiger partial charge on any atom is 0.123 e. The molecule has 2 nitrogen and oxygen atoms in total. The van der Waals surface area contributed by atoms with Crippen molar-refractivity contribution in [2.45, 2.75) is 12.5 Å². The Morgan fingerprint density at radius 1 is 1.47 bits per heavy atom. The summed E-state index contributed by atoms with van der Waals surface area (Å²) in [5, 5.41) is 10.0. The predicted molar refractivity (Wildman–Crippen MR) is 57.1 cm³/mol. The summed E-state index contributed by atoms with van der Waals surface area (Å²) in [4.78, 5) is 2.05. The van der Waals surface area contributed by atoms with Crippen LogP contribution in [0.3, 0.4) is 0 Å². The van der Waals surface area contributed by atoms with Gasteiger partial charge in [-0.2, -0.15) is 0 Å². The number of benzene rings is 1. The summed E-state index contributed by atoms with van der Waals surface area (Å²) in [7, 11) is 3.96. The third-order valence-corrected chi connectivity index (χ3v) is 2.95. The number of aliphatic hydroxyl groups excluding tert-OH is 1. The number of hydrogen-bond donors (Lipinski definition) is 1. The van der Waals surface area contributed by atoms with Crippen LogP contribution in [0.15, 0.2) is 18.2 Å². The lowest BCUT2D eigenvalue weighted by Crippen LogP contribution is -2.24. The van der Waals surface area contributed by atoms with Crippen LogP contribution in [-0.4, -0.2) is 30.6 Å². The molecule has 0 aliphatic heterocycles. The first-order chi connectivity index (χ1) is 7.08. The smallest absolute Gasteiger partial charge is 0.123 e. The average molecular weight is 209 g/mol. The van der Waals surface area contributed by atoms with Gasteiger partial charge >= 0.3 is 0 Å². The summed E-state index contributed by atoms with van der Waals surface area (Å²) in [6.45, 7) is 0.831. The molecule has 0 heterocycles. The van der Waals surface area contributed by atoms with E-state index in [1.165, 1.54) is 12.1 Å². The van der Waals surface area contributed by atoms with Gasteiger partial charge in [-0.25, -0.2) is 4.39 Å². The minimum absolute atomic E-state index is 0.191. The molecule has 0 bridgehead atoms. The lowest BCUT2D eigenvalue weighted by molar-refractivity contribution is 0.105. The van der Waals surface area contributed by atoms with Gasteiger partial charge in [-0.3, -0.25) is 0 Å². The summed E-state index contributed by atoms with van der Waals surface area (Å²) < 4.78 is 13.0. The van der Waals surface area contributed by atoms with Crippen LogP contribution >= 0.6 is 0 Å². The highest BCUT2D eigenvalue weighted by atomic mass is 19.1. The molecule has 0 saturated heterocycles. The second kappa shape index (κ2) is 3.91. The highest BCUT2D eigenvalue weighted by molar-refractivity contribution is 5.35. The third-order valence-electron chi connectivity index (χ3n) is 2.95. The Morgan fingerprint density at radius 2 is 2.20 bits per heavy atom. The molecule has 0 aromatic heterocycles. The van der Waals surface area contributed by atoms with Crippen LogP contribution in [0.2, 0.25) is 0 Å². The summed E-state index contributed by atoms with van der Waals surface area (Å²) in [6, 6.07) is 4.65. The standard InChI is InChI=1S/C12H16FNO/c1-14(2)7-9-5-8-6-10(13)3-4-11(8)12(9)15/h3-4,6,9,12,15H,5,7H2,1-2H3. The molecule has 15 heavy (non-hydrogen) atoms. The lowest BCUT2D eigenvalue weighted by atomic mass is 10.0. The maximum atomic E-state index is 13.0. The van der Waals surface area contributed by atoms with Crippen molar-refractivity contribution in [2.75, 3.05) is 20.6 Å². The van der Waals surface area contributed by atoms with E-state index in [-0.39, 0.29) is 11.7 Å². The Hall–Kier alpha value is -0.930. The number of aliphatic hydroxyl groups is 1. The molecule has 1 aliphatic carbocycles. The van der Waals surface area contributed by atoms with Gasteiger partial charge in [-0.1, -0.05) is 6.07 Å². The third kappa shape index (κ3) is 2.03. The van der Waals surface area contributed by atoms with Gasteiger partial charge in [-0.15, -0.1) is 0 Å². The van der Waals surface area contributed by atoms with Crippen molar-refractivity contribution in [2.24, 2.45) is 5.92 Å². The molecule has 0 amide bonds. The van der Waals surface area contributed by atoms with Gasteiger partial charge < -0.3 is 10.0 Å². The molecule has 2 unspecified atom stereocenters. The van der Waals surface area contributed by atoms with E-state index < -0.39 is 6.10 Å². The van der Waals surface area contributed by atoms with Gasteiger partial charge in [0.2, 0.25) is 0 Å². The van der Waals surface area contributed by atoms with Gasteiger partial charge in [0, 0.05) is 12.5 Å². The molecule has 3 heteroatoms. The topological polar surface area (TPSA) is 23.5 Å². The molecule has 0 spiro atoms. The molecule has 82 valence electrons. The second-order valence-corrected chi connectivity index (χ2v) is 4.51. The van der Waals surface area contributed by atoms with Crippen LogP contribution in [0.5, 0.6) is 0 Å². The van der Waals surface area contributed by atoms with Crippen molar-refractivity contribution < 1.29 is 9.50 Å². The average Bonchev–Trinajstić information content (AvgIpc) is 2.42. The maximum absolute atomic E-state index is 13.0. The fourth-order valence-electron chi connectivity index (χ4n) is 2.32. The van der Waals surface area contributed by atoms with E-state index in [1.54, 1.807) is 6.07 Å². The lowest BCUT2D eigenvalue weighted by Gasteiger charge is -2.19. The zero-order valence-corrected chi connectivity index (χ0v) is 9.07. The number of rotatable bonds is 2. The Labute approximate surface area is 89.3 Å². The number of nitrogens with zero attached hydrogens (tertiary/aromatic N) is 1. The SMILES string of the molecule is CN(C)CC1Cc2cc(F)ccc2C1O. The molecule has 0 radical (unpaired) electrons. The molecule has 0 saturated carbocycles. The summed E-state index contributed by atoms with van der Waals surface area (Å²) >= 11 is 0. The van der Waals surface area contributed by atoms with Gasteiger partial charge in [0.1, 0.15) is 5.82 Å². The van der Waals surface area contributed by atoms with Crippen molar-refractivity contribution in [1.29, 1.82) is 0 Å². The van der Waals surface area contributed by atoms with Crippen molar-refractivity contribution >= 4 is 0 Å². The predicted octanol–water partition coefficient (Wildman–Crippen LogP) is 1.59. The Bertz CT molecular complexity index is 365. The Balaban J connectivity index is 2.21. The normalized spacial score (nSPS) is 24.6. The van der Waals surface area contributed by atoms with Gasteiger partial charge in [0.05, 0.1) is 6.10 Å². The summed E-state index contributed by atoms with van der Waals surface area (Å²) in [6.07, 6.45) is 0.329. The van der Waals surface area contributed by atoms with Crippen molar-refractivity contribution in [3.63, 3.8) is 0 Å². The van der Waals surface area contributed by atoms with Crippen LogP contribution in [0.4, 0.5) is 4.39 Å². The van der Waals surface area contributed by atoms with Gasteiger partial charge in [0.15, 0.2) is 0 Å². The number of fused-ring (bicyclic) bond motifs is 1. The minimum Gasteiger partial charge on any atom is -0.388 e. The van der Waals surface area contributed by atoms with E-state index in [1.807, 2.05) is 14.1 Å². The second-order valence-electron chi connectivity index (χ2n) is 4.51. The zero-order valence-electron chi connectivity index (χ0n) is 9.07. The van der Waals surface area contributed by atoms with Crippen LogP contribution in [0, 0.1) is 11.7 Å². The molecule has 2 rings (SSSR count). The molecule has 0 fully saturated rings. The largest absolute Gasteiger partial charge is 0.388 e. The molecule has 1 aromatic carbocycles. The van der Waals surface area contributed by atoms with E-state index in [9.17, 15) is 9.50 Å². The van der Waals surface area contributed by atoms with Crippen LogP contribution in [0.25, 0.3) is 0 Å². The quantitative estimate of drug-likeness (QED) is 0.799. The molecule has 1 aromatic rings. The van der Waals surface area contributed by atoms with Crippen molar-refractivity contribution in [3.8, 4) is 0 Å². The molecule has 2 atom stereocenters. The molecular formula is C12H16FNO. The van der Waals surface area contributed by atoms with E-state index in [2.05, 4.69) is 4.90 Å². The van der Waals surface area contributed by atoms with Gasteiger partial charge in [-0.05, 0) is 43.8 Å². The first-order valence-electron chi connectivity index (χ1n) is 5.19. The highest BCUT2D eigenvalue weighted by Gasteiger charge is 2.31. The Kier molecular flexibility index (Phi) is 2.76.